The number of hydrogen-bond acceptors (Lipinski definition) is 2. The number of nitrogens with zero attached hydrogens (tertiary/aromatic N) is 1. The molecule has 1 fully saturated rings. The van der Waals surface area contributed by atoms with Crippen molar-refractivity contribution in [3.8, 4) is 0 Å². The number of hydrogen-bond donors (Lipinski definition) is 1. The lowest BCUT2D eigenvalue weighted by molar-refractivity contribution is 0.949. The van der Waals surface area contributed by atoms with E-state index in [4.69, 9.17) is 0 Å². The molecule has 1 heterocycles. The van der Waals surface area contributed by atoms with Crippen molar-refractivity contribution in [2.75, 3.05) is 30.4 Å². The molecule has 0 unspecified atom stereocenters. The van der Waals surface area contributed by atoms with E-state index in [1.54, 1.807) is 0 Å². The van der Waals surface area contributed by atoms with E-state index in [0.29, 0.717) is 0 Å². The maximum atomic E-state index is 3.17. The van der Waals surface area contributed by atoms with Crippen molar-refractivity contribution in [3.63, 3.8) is 0 Å². The van der Waals surface area contributed by atoms with Gasteiger partial charge < -0.3 is 10.2 Å². The van der Waals surface area contributed by atoms with Crippen LogP contribution in [0.25, 0.3) is 0 Å². The zero-order valence-corrected chi connectivity index (χ0v) is 9.01. The average molecular weight is 190 g/mol. The van der Waals surface area contributed by atoms with Gasteiger partial charge in [0.15, 0.2) is 0 Å². The molecular formula is C12H18N2. The molecule has 0 spiro atoms. The molecule has 0 atom stereocenters. The number of nitrogens with one attached hydrogen (secondary N) is 1. The van der Waals surface area contributed by atoms with E-state index in [-0.39, 0.29) is 0 Å². The molecular weight excluding hydrogens is 172 g/mol. The standard InChI is InChI=1S/C12H18N2/c1-10-9-11(13-2)5-6-12(10)14-7-3-4-8-14/h5-6,9,13H,3-4,7-8H2,1-2H3. The smallest absolute Gasteiger partial charge is 0.0397 e. The average Bonchev–Trinajstić information content (AvgIpc) is 2.70. The third-order valence-electron chi connectivity index (χ3n) is 2.93. The number of benzene rings is 1. The monoisotopic (exact) mass is 190 g/mol. The fraction of sp³-hybridized carbons (Fsp3) is 0.500. The lowest BCUT2D eigenvalue weighted by Crippen LogP contribution is -2.18. The molecule has 1 aromatic rings. The van der Waals surface area contributed by atoms with Gasteiger partial charge in [-0.3, -0.25) is 0 Å². The van der Waals surface area contributed by atoms with Crippen molar-refractivity contribution in [2.24, 2.45) is 0 Å². The predicted molar refractivity (Wildman–Crippen MR) is 62.2 cm³/mol. The summed E-state index contributed by atoms with van der Waals surface area (Å²) in [6, 6.07) is 6.60. The van der Waals surface area contributed by atoms with Crippen LogP contribution in [0.5, 0.6) is 0 Å². The third-order valence-corrected chi connectivity index (χ3v) is 2.93. The molecule has 0 bridgehead atoms. The van der Waals surface area contributed by atoms with Gasteiger partial charge in [0.25, 0.3) is 0 Å². The lowest BCUT2D eigenvalue weighted by atomic mass is 10.1. The van der Waals surface area contributed by atoms with Crippen molar-refractivity contribution in [1.29, 1.82) is 0 Å². The molecule has 76 valence electrons. The van der Waals surface area contributed by atoms with E-state index in [1.165, 1.54) is 42.9 Å². The van der Waals surface area contributed by atoms with Gasteiger partial charge in [0.2, 0.25) is 0 Å². The highest BCUT2D eigenvalue weighted by atomic mass is 15.1. The largest absolute Gasteiger partial charge is 0.388 e. The molecule has 0 aromatic heterocycles. The topological polar surface area (TPSA) is 15.3 Å². The summed E-state index contributed by atoms with van der Waals surface area (Å²) in [6.07, 6.45) is 2.68. The quantitative estimate of drug-likeness (QED) is 0.771. The van der Waals surface area contributed by atoms with Crippen LogP contribution in [0.15, 0.2) is 18.2 Å². The Kier molecular flexibility index (Phi) is 2.62. The Morgan fingerprint density at radius 3 is 2.50 bits per heavy atom. The Morgan fingerprint density at radius 2 is 1.93 bits per heavy atom. The van der Waals surface area contributed by atoms with Crippen molar-refractivity contribution in [1.82, 2.24) is 0 Å². The van der Waals surface area contributed by atoms with Crippen LogP contribution >= 0.6 is 0 Å². The maximum absolute atomic E-state index is 3.17. The Balaban J connectivity index is 2.25. The van der Waals surface area contributed by atoms with Gasteiger partial charge in [0.05, 0.1) is 0 Å². The summed E-state index contributed by atoms with van der Waals surface area (Å²) in [7, 11) is 1.96. The Labute approximate surface area is 85.9 Å². The highest BCUT2D eigenvalue weighted by Gasteiger charge is 2.13. The molecule has 2 heteroatoms. The van der Waals surface area contributed by atoms with Gasteiger partial charge in [-0.05, 0) is 43.5 Å². The fourth-order valence-electron chi connectivity index (χ4n) is 2.12. The normalized spacial score (nSPS) is 16.0. The molecule has 2 rings (SSSR count). The minimum absolute atomic E-state index is 1.20. The minimum atomic E-state index is 1.20. The van der Waals surface area contributed by atoms with Gasteiger partial charge in [-0.15, -0.1) is 0 Å². The highest BCUT2D eigenvalue weighted by molar-refractivity contribution is 5.60. The van der Waals surface area contributed by atoms with Crippen LogP contribution in [-0.2, 0) is 0 Å². The van der Waals surface area contributed by atoms with E-state index < -0.39 is 0 Å². The third kappa shape index (κ3) is 1.69. The van der Waals surface area contributed by atoms with Crippen molar-refractivity contribution < 1.29 is 0 Å². The van der Waals surface area contributed by atoms with Crippen LogP contribution in [0, 0.1) is 6.92 Å². The van der Waals surface area contributed by atoms with Crippen molar-refractivity contribution >= 4 is 11.4 Å². The summed E-state index contributed by atoms with van der Waals surface area (Å²) < 4.78 is 0. The zero-order valence-electron chi connectivity index (χ0n) is 9.01. The van der Waals surface area contributed by atoms with Gasteiger partial charge in [-0.1, -0.05) is 0 Å². The molecule has 1 aromatic carbocycles. The van der Waals surface area contributed by atoms with Crippen LogP contribution in [0.4, 0.5) is 11.4 Å². The maximum Gasteiger partial charge on any atom is 0.0397 e. The number of anilines is 2. The molecule has 14 heavy (non-hydrogen) atoms. The van der Waals surface area contributed by atoms with Crippen molar-refractivity contribution in [2.45, 2.75) is 19.8 Å². The van der Waals surface area contributed by atoms with E-state index in [9.17, 15) is 0 Å². The Hall–Kier alpha value is -1.18. The molecule has 0 saturated carbocycles. The Bertz CT molecular complexity index is 314. The summed E-state index contributed by atoms with van der Waals surface area (Å²) in [4.78, 5) is 2.48. The first-order valence-electron chi connectivity index (χ1n) is 5.34. The van der Waals surface area contributed by atoms with E-state index >= 15 is 0 Å². The molecule has 1 aliphatic heterocycles. The molecule has 1 aliphatic rings. The van der Waals surface area contributed by atoms with Gasteiger partial charge in [-0.2, -0.15) is 0 Å². The highest BCUT2D eigenvalue weighted by Crippen LogP contribution is 2.26. The fourth-order valence-corrected chi connectivity index (χ4v) is 2.12. The lowest BCUT2D eigenvalue weighted by Gasteiger charge is -2.20. The van der Waals surface area contributed by atoms with Crippen LogP contribution in [-0.4, -0.2) is 20.1 Å². The zero-order chi connectivity index (χ0) is 9.97. The first-order chi connectivity index (χ1) is 6.81. The summed E-state index contributed by atoms with van der Waals surface area (Å²) in [5, 5.41) is 3.17. The summed E-state index contributed by atoms with van der Waals surface area (Å²) >= 11 is 0. The molecule has 1 N–H and O–H groups in total. The number of rotatable bonds is 2. The van der Waals surface area contributed by atoms with Crippen LogP contribution in [0.2, 0.25) is 0 Å². The second-order valence-electron chi connectivity index (χ2n) is 3.95. The van der Waals surface area contributed by atoms with E-state index in [1.807, 2.05) is 7.05 Å². The van der Waals surface area contributed by atoms with Gasteiger partial charge in [-0.25, -0.2) is 0 Å². The van der Waals surface area contributed by atoms with E-state index in [2.05, 4.69) is 35.3 Å². The SMILES string of the molecule is CNc1ccc(N2CCCC2)c(C)c1. The van der Waals surface area contributed by atoms with Crippen LogP contribution < -0.4 is 10.2 Å². The Morgan fingerprint density at radius 1 is 1.21 bits per heavy atom. The van der Waals surface area contributed by atoms with Crippen LogP contribution in [0.3, 0.4) is 0 Å². The van der Waals surface area contributed by atoms with Gasteiger partial charge in [0.1, 0.15) is 0 Å². The second-order valence-corrected chi connectivity index (χ2v) is 3.95. The predicted octanol–water partition coefficient (Wildman–Crippen LogP) is 2.64. The van der Waals surface area contributed by atoms with Crippen molar-refractivity contribution in [3.05, 3.63) is 23.8 Å². The first kappa shape index (κ1) is 9.38. The minimum Gasteiger partial charge on any atom is -0.388 e. The van der Waals surface area contributed by atoms with Gasteiger partial charge in [0, 0.05) is 31.5 Å². The van der Waals surface area contributed by atoms with E-state index in [0.717, 1.165) is 0 Å². The van der Waals surface area contributed by atoms with Gasteiger partial charge >= 0.3 is 0 Å². The number of aryl methyl sites for hydroxylation is 1. The summed E-state index contributed by atoms with van der Waals surface area (Å²) in [5.41, 5.74) is 3.98. The van der Waals surface area contributed by atoms with Crippen LogP contribution in [0.1, 0.15) is 18.4 Å². The molecule has 0 aliphatic carbocycles. The molecule has 0 radical (unpaired) electrons. The first-order valence-corrected chi connectivity index (χ1v) is 5.34. The molecule has 2 nitrogen and oxygen atoms in total. The molecule has 0 amide bonds. The molecule has 1 saturated heterocycles. The second kappa shape index (κ2) is 3.91. The summed E-state index contributed by atoms with van der Waals surface area (Å²) in [6.45, 7) is 4.63. The summed E-state index contributed by atoms with van der Waals surface area (Å²) in [5.74, 6) is 0.